The lowest BCUT2D eigenvalue weighted by Crippen LogP contribution is -3.13. The molecule has 0 bridgehead atoms. The normalized spacial score (nSPS) is 20.6. The second-order valence-corrected chi connectivity index (χ2v) is 6.34. The maximum Gasteiger partial charge on any atom is 0.330 e. The molecule has 1 N–H and O–H groups in total. The summed E-state index contributed by atoms with van der Waals surface area (Å²) in [4.78, 5) is 24.4. The summed E-state index contributed by atoms with van der Waals surface area (Å²) in [6.07, 6.45) is 3.83. The van der Waals surface area contributed by atoms with Crippen molar-refractivity contribution in [2.75, 3.05) is 26.2 Å². The van der Waals surface area contributed by atoms with Crippen molar-refractivity contribution in [1.82, 2.24) is 0 Å². The smallest absolute Gasteiger partial charge is 0.330 e. The number of carbonyl (C=O) groups is 2. The highest BCUT2D eigenvalue weighted by atomic mass is 79.9. The standard InChI is InChI=1S/C12H20BrNO3/c1-10(15)12(2,13)11(16)17-9-8-14-6-4-3-5-7-14/h3-9H2,1-2H3/p+1. The van der Waals surface area contributed by atoms with E-state index < -0.39 is 10.3 Å². The summed E-state index contributed by atoms with van der Waals surface area (Å²) < 4.78 is 3.95. The van der Waals surface area contributed by atoms with Crippen molar-refractivity contribution in [1.29, 1.82) is 0 Å². The number of carbonyl (C=O) groups excluding carboxylic acids is 2. The molecule has 1 heterocycles. The van der Waals surface area contributed by atoms with E-state index in [1.165, 1.54) is 38.0 Å². The van der Waals surface area contributed by atoms with Crippen molar-refractivity contribution >= 4 is 27.7 Å². The van der Waals surface area contributed by atoms with Crippen molar-refractivity contribution < 1.29 is 19.2 Å². The molecule has 1 aliphatic rings. The largest absolute Gasteiger partial charge is 0.458 e. The number of hydrogen-bond acceptors (Lipinski definition) is 3. The van der Waals surface area contributed by atoms with E-state index in [-0.39, 0.29) is 5.78 Å². The SMILES string of the molecule is CC(=O)C(C)(Br)C(=O)OCC[NH+]1CCCCC1. The van der Waals surface area contributed by atoms with E-state index in [0.717, 1.165) is 19.6 Å². The zero-order chi connectivity index (χ0) is 12.9. The minimum Gasteiger partial charge on any atom is -0.458 e. The molecule has 1 rings (SSSR count). The van der Waals surface area contributed by atoms with E-state index in [2.05, 4.69) is 15.9 Å². The highest BCUT2D eigenvalue weighted by Gasteiger charge is 2.37. The second kappa shape index (κ2) is 6.50. The summed E-state index contributed by atoms with van der Waals surface area (Å²) in [5, 5.41) is 0. The molecule has 0 amide bonds. The molecule has 0 radical (unpaired) electrons. The number of likely N-dealkylation sites (tertiary alicyclic amines) is 1. The number of hydrogen-bond donors (Lipinski definition) is 1. The summed E-state index contributed by atoms with van der Waals surface area (Å²) in [5.41, 5.74) is 0. The first kappa shape index (κ1) is 14.6. The molecule has 0 spiro atoms. The Morgan fingerprint density at radius 3 is 2.41 bits per heavy atom. The molecule has 0 aromatic heterocycles. The minimum atomic E-state index is -1.19. The van der Waals surface area contributed by atoms with Gasteiger partial charge in [0.2, 0.25) is 0 Å². The van der Waals surface area contributed by atoms with Crippen molar-refractivity contribution in [3.63, 3.8) is 0 Å². The van der Waals surface area contributed by atoms with Gasteiger partial charge in [-0.3, -0.25) is 9.59 Å². The number of esters is 1. The van der Waals surface area contributed by atoms with Crippen LogP contribution < -0.4 is 4.90 Å². The molecule has 1 atom stereocenters. The van der Waals surface area contributed by atoms with E-state index in [9.17, 15) is 9.59 Å². The quantitative estimate of drug-likeness (QED) is 0.453. The van der Waals surface area contributed by atoms with Crippen molar-refractivity contribution in [2.24, 2.45) is 0 Å². The van der Waals surface area contributed by atoms with Crippen LogP contribution in [0.4, 0.5) is 0 Å². The molecule has 1 fully saturated rings. The molecule has 1 aliphatic heterocycles. The Bertz CT molecular complexity index is 285. The molecule has 0 aliphatic carbocycles. The first-order chi connectivity index (χ1) is 7.94. The zero-order valence-corrected chi connectivity index (χ0v) is 12.1. The number of ether oxygens (including phenoxy) is 1. The number of alkyl halides is 1. The third-order valence-electron chi connectivity index (χ3n) is 3.29. The molecule has 0 aromatic rings. The first-order valence-corrected chi connectivity index (χ1v) is 6.94. The Hall–Kier alpha value is -0.420. The lowest BCUT2D eigenvalue weighted by atomic mass is 10.1. The third kappa shape index (κ3) is 4.39. The minimum absolute atomic E-state index is 0.229. The van der Waals surface area contributed by atoms with Gasteiger partial charge < -0.3 is 9.64 Å². The summed E-state index contributed by atoms with van der Waals surface area (Å²) in [6, 6.07) is 0. The van der Waals surface area contributed by atoms with Gasteiger partial charge in [0.25, 0.3) is 0 Å². The van der Waals surface area contributed by atoms with Gasteiger partial charge in [0.15, 0.2) is 10.1 Å². The molecular weight excluding hydrogens is 286 g/mol. The Balaban J connectivity index is 2.26. The van der Waals surface area contributed by atoms with Crippen LogP contribution in [0, 0.1) is 0 Å². The van der Waals surface area contributed by atoms with Crippen molar-refractivity contribution in [3.8, 4) is 0 Å². The number of ketones is 1. The third-order valence-corrected chi connectivity index (χ3v) is 4.18. The predicted molar refractivity (Wildman–Crippen MR) is 68.4 cm³/mol. The molecule has 1 unspecified atom stereocenters. The van der Waals surface area contributed by atoms with E-state index in [4.69, 9.17) is 4.74 Å². The van der Waals surface area contributed by atoms with Gasteiger partial charge in [0, 0.05) is 0 Å². The average molecular weight is 307 g/mol. The van der Waals surface area contributed by atoms with Gasteiger partial charge in [-0.05, 0) is 33.1 Å². The van der Waals surface area contributed by atoms with Gasteiger partial charge in [0.1, 0.15) is 13.2 Å². The Morgan fingerprint density at radius 1 is 1.29 bits per heavy atom. The molecule has 0 saturated carbocycles. The Labute approximate surface area is 111 Å². The molecule has 17 heavy (non-hydrogen) atoms. The van der Waals surface area contributed by atoms with Gasteiger partial charge in [-0.2, -0.15) is 0 Å². The maximum absolute atomic E-state index is 11.6. The molecule has 1 saturated heterocycles. The van der Waals surface area contributed by atoms with E-state index in [1.54, 1.807) is 0 Å². The summed E-state index contributed by atoms with van der Waals surface area (Å²) in [6.45, 7) is 6.47. The highest BCUT2D eigenvalue weighted by molar-refractivity contribution is 9.10. The van der Waals surface area contributed by atoms with Crippen LogP contribution in [0.3, 0.4) is 0 Å². The van der Waals surface area contributed by atoms with Crippen LogP contribution in [0.5, 0.6) is 0 Å². The van der Waals surface area contributed by atoms with Crippen LogP contribution in [-0.2, 0) is 14.3 Å². The number of nitrogens with one attached hydrogen (secondary N) is 1. The number of Topliss-reactive ketones (excluding diaryl/α,β-unsaturated/α-hetero) is 1. The van der Waals surface area contributed by atoms with Gasteiger partial charge in [-0.1, -0.05) is 15.9 Å². The van der Waals surface area contributed by atoms with Crippen LogP contribution in [0.15, 0.2) is 0 Å². The van der Waals surface area contributed by atoms with Crippen molar-refractivity contribution in [2.45, 2.75) is 37.4 Å². The average Bonchev–Trinajstić information content (AvgIpc) is 2.30. The summed E-state index contributed by atoms with van der Waals surface area (Å²) in [5.74, 6) is -0.714. The predicted octanol–water partition coefficient (Wildman–Crippen LogP) is 0.341. The fourth-order valence-electron chi connectivity index (χ4n) is 1.87. The topological polar surface area (TPSA) is 47.8 Å². The van der Waals surface area contributed by atoms with Gasteiger partial charge >= 0.3 is 5.97 Å². The fourth-order valence-corrected chi connectivity index (χ4v) is 1.98. The number of halogens is 1. The maximum atomic E-state index is 11.6. The fraction of sp³-hybridized carbons (Fsp3) is 0.833. The first-order valence-electron chi connectivity index (χ1n) is 6.15. The van der Waals surface area contributed by atoms with E-state index in [1.807, 2.05) is 0 Å². The van der Waals surface area contributed by atoms with Crippen LogP contribution in [-0.4, -0.2) is 42.3 Å². The molecule has 4 nitrogen and oxygen atoms in total. The molecule has 98 valence electrons. The Morgan fingerprint density at radius 2 is 1.88 bits per heavy atom. The zero-order valence-electron chi connectivity index (χ0n) is 10.6. The summed E-state index contributed by atoms with van der Waals surface area (Å²) in [7, 11) is 0. The Kier molecular flexibility index (Phi) is 5.59. The van der Waals surface area contributed by atoms with E-state index in [0.29, 0.717) is 6.61 Å². The molecular formula is C12H21BrNO3+. The summed E-state index contributed by atoms with van der Waals surface area (Å²) >= 11 is 3.11. The lowest BCUT2D eigenvalue weighted by Gasteiger charge is -2.24. The molecule has 0 aromatic carbocycles. The van der Waals surface area contributed by atoms with Crippen LogP contribution in [0.1, 0.15) is 33.1 Å². The van der Waals surface area contributed by atoms with Crippen LogP contribution >= 0.6 is 15.9 Å². The van der Waals surface area contributed by atoms with Gasteiger partial charge in [-0.15, -0.1) is 0 Å². The monoisotopic (exact) mass is 306 g/mol. The number of rotatable bonds is 5. The molecule has 5 heteroatoms. The van der Waals surface area contributed by atoms with Crippen LogP contribution in [0.2, 0.25) is 0 Å². The number of quaternary nitrogens is 1. The van der Waals surface area contributed by atoms with Crippen molar-refractivity contribution in [3.05, 3.63) is 0 Å². The van der Waals surface area contributed by atoms with E-state index >= 15 is 0 Å². The second-order valence-electron chi connectivity index (χ2n) is 4.76. The lowest BCUT2D eigenvalue weighted by molar-refractivity contribution is -0.905. The number of piperidine rings is 1. The highest BCUT2D eigenvalue weighted by Crippen LogP contribution is 2.20. The van der Waals surface area contributed by atoms with Gasteiger partial charge in [0.05, 0.1) is 13.1 Å². The van der Waals surface area contributed by atoms with Gasteiger partial charge in [-0.25, -0.2) is 0 Å². The van der Waals surface area contributed by atoms with Crippen LogP contribution in [0.25, 0.3) is 0 Å².